The van der Waals surface area contributed by atoms with Crippen LogP contribution in [0.1, 0.15) is 15.9 Å². The average Bonchev–Trinajstić information content (AvgIpc) is 2.84. The number of hydrogen-bond donors (Lipinski definition) is 1. The second kappa shape index (κ2) is 6.44. The molecule has 0 saturated carbocycles. The number of carbonyl (C=O) groups excluding carboxylic acids is 1. The number of hydrazone groups is 1. The first-order chi connectivity index (χ1) is 11.1. The molecular formula is C17H13Cl2N3O. The molecule has 0 radical (unpaired) electrons. The van der Waals surface area contributed by atoms with Crippen molar-refractivity contribution in [2.45, 2.75) is 0 Å². The van der Waals surface area contributed by atoms with Crippen LogP contribution in [0.2, 0.25) is 10.0 Å². The Morgan fingerprint density at radius 1 is 1.22 bits per heavy atom. The van der Waals surface area contributed by atoms with Gasteiger partial charge in [0.05, 0.1) is 16.8 Å². The summed E-state index contributed by atoms with van der Waals surface area (Å²) >= 11 is 11.8. The maximum atomic E-state index is 12.1. The van der Waals surface area contributed by atoms with E-state index < -0.39 is 0 Å². The number of para-hydroxylation sites is 1. The van der Waals surface area contributed by atoms with Gasteiger partial charge in [0.25, 0.3) is 5.91 Å². The van der Waals surface area contributed by atoms with Crippen LogP contribution in [0.25, 0.3) is 10.9 Å². The molecule has 0 bridgehead atoms. The van der Waals surface area contributed by atoms with Gasteiger partial charge in [-0.3, -0.25) is 4.79 Å². The lowest BCUT2D eigenvalue weighted by atomic mass is 10.2. The summed E-state index contributed by atoms with van der Waals surface area (Å²) in [4.78, 5) is 12.1. The van der Waals surface area contributed by atoms with Gasteiger partial charge in [0.2, 0.25) is 0 Å². The van der Waals surface area contributed by atoms with E-state index in [1.165, 1.54) is 6.07 Å². The van der Waals surface area contributed by atoms with Crippen LogP contribution in [0.4, 0.5) is 0 Å². The van der Waals surface area contributed by atoms with E-state index >= 15 is 0 Å². The highest BCUT2D eigenvalue weighted by Gasteiger charge is 2.10. The highest BCUT2D eigenvalue weighted by Crippen LogP contribution is 2.21. The largest absolute Gasteiger partial charge is 0.350 e. The topological polar surface area (TPSA) is 46.4 Å². The van der Waals surface area contributed by atoms with Gasteiger partial charge in [0, 0.05) is 34.7 Å². The van der Waals surface area contributed by atoms with Crippen molar-refractivity contribution < 1.29 is 4.79 Å². The lowest BCUT2D eigenvalue weighted by molar-refractivity contribution is 0.0955. The minimum absolute atomic E-state index is 0.287. The van der Waals surface area contributed by atoms with Crippen molar-refractivity contribution in [3.63, 3.8) is 0 Å². The van der Waals surface area contributed by atoms with E-state index in [9.17, 15) is 4.79 Å². The normalized spacial score (nSPS) is 11.3. The molecule has 0 spiro atoms. The number of halogens is 2. The van der Waals surface area contributed by atoms with Gasteiger partial charge in [-0.15, -0.1) is 0 Å². The van der Waals surface area contributed by atoms with Crippen molar-refractivity contribution in [3.05, 3.63) is 69.8 Å². The first kappa shape index (κ1) is 15.6. The van der Waals surface area contributed by atoms with Crippen LogP contribution in [-0.4, -0.2) is 16.7 Å². The fraction of sp³-hybridized carbons (Fsp3) is 0.0588. The number of hydrogen-bond acceptors (Lipinski definition) is 2. The number of aryl methyl sites for hydroxylation is 1. The van der Waals surface area contributed by atoms with Crippen LogP contribution in [0.3, 0.4) is 0 Å². The molecule has 1 amide bonds. The van der Waals surface area contributed by atoms with Crippen molar-refractivity contribution in [1.82, 2.24) is 9.99 Å². The molecule has 2 aromatic carbocycles. The Morgan fingerprint density at radius 3 is 2.78 bits per heavy atom. The van der Waals surface area contributed by atoms with Crippen LogP contribution in [-0.2, 0) is 7.05 Å². The smallest absolute Gasteiger partial charge is 0.272 e. The minimum Gasteiger partial charge on any atom is -0.350 e. The average molecular weight is 346 g/mol. The lowest BCUT2D eigenvalue weighted by Crippen LogP contribution is -2.17. The number of carbonyl (C=O) groups is 1. The second-order valence-electron chi connectivity index (χ2n) is 5.04. The third-order valence-electron chi connectivity index (χ3n) is 3.47. The fourth-order valence-corrected chi connectivity index (χ4v) is 2.86. The van der Waals surface area contributed by atoms with Gasteiger partial charge in [0.15, 0.2) is 0 Å². The van der Waals surface area contributed by atoms with Crippen LogP contribution in [0, 0.1) is 0 Å². The maximum absolute atomic E-state index is 12.1. The number of benzene rings is 2. The first-order valence-electron chi connectivity index (χ1n) is 6.89. The van der Waals surface area contributed by atoms with Gasteiger partial charge in [-0.05, 0) is 24.3 Å². The molecule has 116 valence electrons. The van der Waals surface area contributed by atoms with Crippen molar-refractivity contribution >= 4 is 46.2 Å². The summed E-state index contributed by atoms with van der Waals surface area (Å²) < 4.78 is 2.01. The Bertz CT molecular complexity index is 915. The predicted octanol–water partition coefficient (Wildman–Crippen LogP) is 4.25. The molecule has 0 aliphatic rings. The molecule has 3 aromatic rings. The van der Waals surface area contributed by atoms with E-state index in [0.717, 1.165) is 16.5 Å². The lowest BCUT2D eigenvalue weighted by Gasteiger charge is -2.02. The summed E-state index contributed by atoms with van der Waals surface area (Å²) in [5.74, 6) is -0.386. The Labute approximate surface area is 143 Å². The van der Waals surface area contributed by atoms with E-state index in [1.807, 2.05) is 42.1 Å². The zero-order valence-corrected chi connectivity index (χ0v) is 13.8. The standard InChI is InChI=1S/C17H13Cl2N3O/c1-22-10-11(13-4-2-3-5-16(13)22)9-20-21-17(23)14-7-6-12(18)8-15(14)19/h2-10H,1H3,(H,21,23). The molecule has 1 heterocycles. The highest BCUT2D eigenvalue weighted by molar-refractivity contribution is 6.36. The Morgan fingerprint density at radius 2 is 2.00 bits per heavy atom. The molecule has 0 atom stereocenters. The molecule has 6 heteroatoms. The second-order valence-corrected chi connectivity index (χ2v) is 5.88. The zero-order valence-electron chi connectivity index (χ0n) is 12.3. The Kier molecular flexibility index (Phi) is 4.37. The van der Waals surface area contributed by atoms with Crippen molar-refractivity contribution in [1.29, 1.82) is 0 Å². The van der Waals surface area contributed by atoms with Crippen molar-refractivity contribution in [3.8, 4) is 0 Å². The summed E-state index contributed by atoms with van der Waals surface area (Å²) in [7, 11) is 1.96. The van der Waals surface area contributed by atoms with Gasteiger partial charge in [0.1, 0.15) is 0 Å². The number of fused-ring (bicyclic) bond motifs is 1. The van der Waals surface area contributed by atoms with Crippen LogP contribution < -0.4 is 5.43 Å². The molecule has 3 rings (SSSR count). The Hall–Kier alpha value is -2.30. The molecular weight excluding hydrogens is 333 g/mol. The van der Waals surface area contributed by atoms with E-state index in [1.54, 1.807) is 18.3 Å². The van der Waals surface area contributed by atoms with Crippen molar-refractivity contribution in [2.75, 3.05) is 0 Å². The summed E-state index contributed by atoms with van der Waals surface area (Å²) in [6.07, 6.45) is 3.57. The molecule has 0 fully saturated rings. The summed E-state index contributed by atoms with van der Waals surface area (Å²) in [6.45, 7) is 0. The van der Waals surface area contributed by atoms with E-state index in [2.05, 4.69) is 10.5 Å². The third kappa shape index (κ3) is 3.23. The van der Waals surface area contributed by atoms with Crippen LogP contribution in [0.15, 0.2) is 53.8 Å². The zero-order chi connectivity index (χ0) is 16.4. The number of nitrogens with zero attached hydrogens (tertiary/aromatic N) is 2. The van der Waals surface area contributed by atoms with Gasteiger partial charge in [-0.25, -0.2) is 5.43 Å². The number of amides is 1. The molecule has 0 unspecified atom stereocenters. The molecule has 0 aliphatic heterocycles. The molecule has 1 aromatic heterocycles. The van der Waals surface area contributed by atoms with Crippen LogP contribution >= 0.6 is 23.2 Å². The highest BCUT2D eigenvalue weighted by atomic mass is 35.5. The quantitative estimate of drug-likeness (QED) is 0.559. The molecule has 1 N–H and O–H groups in total. The van der Waals surface area contributed by atoms with Gasteiger partial charge < -0.3 is 4.57 Å². The number of nitrogens with one attached hydrogen (secondary N) is 1. The molecule has 0 saturated heterocycles. The van der Waals surface area contributed by atoms with E-state index in [0.29, 0.717) is 10.6 Å². The minimum atomic E-state index is -0.386. The van der Waals surface area contributed by atoms with Crippen molar-refractivity contribution in [2.24, 2.45) is 12.1 Å². The van der Waals surface area contributed by atoms with Gasteiger partial charge >= 0.3 is 0 Å². The summed E-state index contributed by atoms with van der Waals surface area (Å²) in [5, 5.41) is 5.85. The van der Waals surface area contributed by atoms with Crippen LogP contribution in [0.5, 0.6) is 0 Å². The van der Waals surface area contributed by atoms with E-state index in [4.69, 9.17) is 23.2 Å². The monoisotopic (exact) mass is 345 g/mol. The first-order valence-corrected chi connectivity index (χ1v) is 7.64. The number of aromatic nitrogens is 1. The third-order valence-corrected chi connectivity index (χ3v) is 4.02. The van der Waals surface area contributed by atoms with Gasteiger partial charge in [-0.1, -0.05) is 41.4 Å². The number of rotatable bonds is 3. The van der Waals surface area contributed by atoms with E-state index in [-0.39, 0.29) is 10.9 Å². The summed E-state index contributed by atoms with van der Waals surface area (Å²) in [5.41, 5.74) is 4.82. The van der Waals surface area contributed by atoms with Gasteiger partial charge in [-0.2, -0.15) is 5.10 Å². The SMILES string of the molecule is Cn1cc(C=NNC(=O)c2ccc(Cl)cc2Cl)c2ccccc21. The summed E-state index contributed by atoms with van der Waals surface area (Å²) in [6, 6.07) is 12.7. The fourth-order valence-electron chi connectivity index (χ4n) is 2.37. The molecule has 0 aliphatic carbocycles. The Balaban J connectivity index is 1.79. The molecule has 4 nitrogen and oxygen atoms in total. The molecule has 23 heavy (non-hydrogen) atoms. The maximum Gasteiger partial charge on any atom is 0.272 e. The predicted molar refractivity (Wildman–Crippen MR) is 94.4 cm³/mol.